The molecule has 8 heteroatoms. The number of hydrogen-bond donors (Lipinski definition) is 2. The Bertz CT molecular complexity index is 923. The number of fused-ring (bicyclic) bond motifs is 1. The summed E-state index contributed by atoms with van der Waals surface area (Å²) in [6.45, 7) is 0. The zero-order valence-corrected chi connectivity index (χ0v) is 13.8. The highest BCUT2D eigenvalue weighted by Gasteiger charge is 2.35. The SMILES string of the molecule is O=C[C@]1(NC(=O)O)C=CCc2cc(-c3cccc(OC(F)(F)F)c3)ccc21. The summed E-state index contributed by atoms with van der Waals surface area (Å²) < 4.78 is 41.2. The van der Waals surface area contributed by atoms with E-state index in [1.165, 1.54) is 24.3 Å². The van der Waals surface area contributed by atoms with Crippen LogP contribution in [0.4, 0.5) is 18.0 Å². The van der Waals surface area contributed by atoms with Crippen molar-refractivity contribution in [3.8, 4) is 16.9 Å². The molecule has 1 amide bonds. The lowest BCUT2D eigenvalue weighted by atomic mass is 9.81. The number of nitrogens with one attached hydrogen (secondary N) is 1. The van der Waals surface area contributed by atoms with E-state index in [9.17, 15) is 22.8 Å². The first-order valence-electron chi connectivity index (χ1n) is 7.87. The fraction of sp³-hybridized carbons (Fsp3) is 0.158. The molecule has 3 rings (SSSR count). The molecule has 0 unspecified atom stereocenters. The predicted molar refractivity (Wildman–Crippen MR) is 90.3 cm³/mol. The Morgan fingerprint density at radius 2 is 1.93 bits per heavy atom. The Hall–Kier alpha value is -3.29. The minimum Gasteiger partial charge on any atom is -0.465 e. The van der Waals surface area contributed by atoms with Crippen LogP contribution in [0.5, 0.6) is 5.75 Å². The molecular weight excluding hydrogens is 363 g/mol. The fourth-order valence-electron chi connectivity index (χ4n) is 3.10. The van der Waals surface area contributed by atoms with Crippen LogP contribution in [0.15, 0.2) is 54.6 Å². The molecule has 0 radical (unpaired) electrons. The summed E-state index contributed by atoms with van der Waals surface area (Å²) in [6, 6.07) is 10.5. The van der Waals surface area contributed by atoms with Gasteiger partial charge in [0.15, 0.2) is 6.29 Å². The maximum atomic E-state index is 12.4. The Morgan fingerprint density at radius 3 is 2.59 bits per heavy atom. The number of aldehydes is 1. The van der Waals surface area contributed by atoms with Gasteiger partial charge in [-0.2, -0.15) is 0 Å². The smallest absolute Gasteiger partial charge is 0.465 e. The number of benzene rings is 2. The van der Waals surface area contributed by atoms with E-state index in [4.69, 9.17) is 5.11 Å². The van der Waals surface area contributed by atoms with Crippen LogP contribution < -0.4 is 10.1 Å². The lowest BCUT2D eigenvalue weighted by Gasteiger charge is -2.30. The highest BCUT2D eigenvalue weighted by atomic mass is 19.4. The van der Waals surface area contributed by atoms with E-state index in [2.05, 4.69) is 10.1 Å². The molecule has 0 saturated carbocycles. The number of halogens is 3. The second-order valence-electron chi connectivity index (χ2n) is 5.97. The van der Waals surface area contributed by atoms with Crippen LogP contribution in [0, 0.1) is 0 Å². The van der Waals surface area contributed by atoms with Crippen molar-refractivity contribution in [2.45, 2.75) is 18.3 Å². The molecule has 0 aliphatic heterocycles. The number of alkyl halides is 3. The topological polar surface area (TPSA) is 75.6 Å². The van der Waals surface area contributed by atoms with Crippen LogP contribution in [-0.4, -0.2) is 23.8 Å². The van der Waals surface area contributed by atoms with Crippen LogP contribution in [0.3, 0.4) is 0 Å². The zero-order chi connectivity index (χ0) is 19.7. The first-order valence-corrected chi connectivity index (χ1v) is 7.87. The molecule has 1 aliphatic carbocycles. The van der Waals surface area contributed by atoms with Crippen LogP contribution in [0.25, 0.3) is 11.1 Å². The Balaban J connectivity index is 1.99. The van der Waals surface area contributed by atoms with Gasteiger partial charge in [-0.25, -0.2) is 4.79 Å². The second-order valence-corrected chi connectivity index (χ2v) is 5.97. The Labute approximate surface area is 152 Å². The number of allylic oxidation sites excluding steroid dienone is 1. The molecule has 0 saturated heterocycles. The van der Waals surface area contributed by atoms with Crippen molar-refractivity contribution in [3.05, 3.63) is 65.7 Å². The summed E-state index contributed by atoms with van der Waals surface area (Å²) in [5.74, 6) is -0.340. The molecule has 27 heavy (non-hydrogen) atoms. The fourth-order valence-corrected chi connectivity index (χ4v) is 3.10. The number of carbonyl (C=O) groups excluding carboxylic acids is 1. The molecule has 2 aromatic carbocycles. The minimum atomic E-state index is -4.79. The van der Waals surface area contributed by atoms with Gasteiger partial charge in [-0.15, -0.1) is 13.2 Å². The van der Waals surface area contributed by atoms with Gasteiger partial charge >= 0.3 is 12.5 Å². The molecule has 2 aromatic rings. The van der Waals surface area contributed by atoms with Gasteiger partial charge in [0.1, 0.15) is 11.3 Å². The summed E-state index contributed by atoms with van der Waals surface area (Å²) in [5.41, 5.74) is 0.801. The summed E-state index contributed by atoms with van der Waals surface area (Å²) in [6.07, 6.45) is -2.02. The van der Waals surface area contributed by atoms with E-state index in [1.807, 2.05) is 0 Å². The number of amides is 1. The van der Waals surface area contributed by atoms with E-state index in [-0.39, 0.29) is 5.75 Å². The van der Waals surface area contributed by atoms with E-state index >= 15 is 0 Å². The Morgan fingerprint density at radius 1 is 1.19 bits per heavy atom. The largest absolute Gasteiger partial charge is 0.573 e. The van der Waals surface area contributed by atoms with E-state index in [1.54, 1.807) is 30.3 Å². The van der Waals surface area contributed by atoms with Crippen LogP contribution in [-0.2, 0) is 16.8 Å². The summed E-state index contributed by atoms with van der Waals surface area (Å²) in [5, 5.41) is 11.2. The molecule has 1 atom stereocenters. The molecule has 0 bridgehead atoms. The van der Waals surface area contributed by atoms with E-state index in [0.717, 1.165) is 0 Å². The van der Waals surface area contributed by atoms with Crippen molar-refractivity contribution < 1.29 is 32.6 Å². The molecule has 0 fully saturated rings. The van der Waals surface area contributed by atoms with Gasteiger partial charge < -0.3 is 15.2 Å². The Kier molecular flexibility index (Phi) is 4.65. The van der Waals surface area contributed by atoms with Gasteiger partial charge in [0, 0.05) is 0 Å². The third kappa shape index (κ3) is 3.94. The lowest BCUT2D eigenvalue weighted by Crippen LogP contribution is -2.46. The molecule has 140 valence electrons. The maximum Gasteiger partial charge on any atom is 0.573 e. The van der Waals surface area contributed by atoms with Crippen molar-refractivity contribution in [1.82, 2.24) is 5.32 Å². The highest BCUT2D eigenvalue weighted by molar-refractivity contribution is 5.81. The highest BCUT2D eigenvalue weighted by Crippen LogP contribution is 2.34. The number of hydrogen-bond acceptors (Lipinski definition) is 3. The molecule has 2 N–H and O–H groups in total. The van der Waals surface area contributed by atoms with E-state index < -0.39 is 18.0 Å². The quantitative estimate of drug-likeness (QED) is 0.623. The average Bonchev–Trinajstić information content (AvgIpc) is 2.59. The molecule has 5 nitrogen and oxygen atoms in total. The summed E-state index contributed by atoms with van der Waals surface area (Å²) in [4.78, 5) is 22.7. The van der Waals surface area contributed by atoms with Crippen molar-refractivity contribution in [3.63, 3.8) is 0 Å². The molecular formula is C19H14F3NO4. The normalized spacial score (nSPS) is 18.5. The molecule has 0 spiro atoms. The van der Waals surface area contributed by atoms with Crippen molar-refractivity contribution >= 4 is 12.4 Å². The van der Waals surface area contributed by atoms with Gasteiger partial charge in [-0.3, -0.25) is 4.79 Å². The summed E-state index contributed by atoms with van der Waals surface area (Å²) in [7, 11) is 0. The van der Waals surface area contributed by atoms with Crippen molar-refractivity contribution in [1.29, 1.82) is 0 Å². The number of carboxylic acid groups (broad SMARTS) is 1. The van der Waals surface area contributed by atoms with Crippen molar-refractivity contribution in [2.75, 3.05) is 0 Å². The number of carbonyl (C=O) groups is 2. The molecule has 0 aromatic heterocycles. The maximum absolute atomic E-state index is 12.4. The van der Waals surface area contributed by atoms with Gasteiger partial charge in [-0.05, 0) is 40.8 Å². The monoisotopic (exact) mass is 377 g/mol. The third-order valence-electron chi connectivity index (χ3n) is 4.17. The van der Waals surface area contributed by atoms with Gasteiger partial charge in [0.05, 0.1) is 0 Å². The van der Waals surface area contributed by atoms with Crippen LogP contribution in [0.1, 0.15) is 11.1 Å². The summed E-state index contributed by atoms with van der Waals surface area (Å²) >= 11 is 0. The van der Waals surface area contributed by atoms with E-state index in [0.29, 0.717) is 35.0 Å². The van der Waals surface area contributed by atoms with Gasteiger partial charge in [-0.1, -0.05) is 42.5 Å². The first kappa shape index (κ1) is 18.5. The van der Waals surface area contributed by atoms with Gasteiger partial charge in [0.25, 0.3) is 0 Å². The van der Waals surface area contributed by atoms with Crippen LogP contribution >= 0.6 is 0 Å². The zero-order valence-electron chi connectivity index (χ0n) is 13.8. The number of ether oxygens (including phenoxy) is 1. The van der Waals surface area contributed by atoms with Crippen molar-refractivity contribution in [2.24, 2.45) is 0 Å². The minimum absolute atomic E-state index is 0.340. The lowest BCUT2D eigenvalue weighted by molar-refractivity contribution is -0.274. The molecule has 0 heterocycles. The van der Waals surface area contributed by atoms with Crippen LogP contribution in [0.2, 0.25) is 0 Å². The van der Waals surface area contributed by atoms with Gasteiger partial charge in [0.2, 0.25) is 0 Å². The standard InChI is InChI=1S/C19H14F3NO4/c20-19(21,22)27-15-5-1-3-12(10-15)13-6-7-16-14(9-13)4-2-8-18(16,11-24)23-17(25)26/h1-3,5-11,23H,4H2,(H,25,26)/t18-/m1/s1. The predicted octanol–water partition coefficient (Wildman–Crippen LogP) is 4.03. The first-order chi connectivity index (χ1) is 12.7. The third-order valence-corrected chi connectivity index (χ3v) is 4.17. The molecule has 1 aliphatic rings. The number of rotatable bonds is 4. The average molecular weight is 377 g/mol. The second kappa shape index (κ2) is 6.79.